The Morgan fingerprint density at radius 3 is 1.80 bits per heavy atom. The van der Waals surface area contributed by atoms with Crippen LogP contribution in [0.4, 0.5) is 0 Å². The van der Waals surface area contributed by atoms with Crippen LogP contribution < -0.4 is 5.73 Å². The van der Waals surface area contributed by atoms with E-state index >= 15 is 0 Å². The number of carbonyl (C=O) groups is 1. The quantitative estimate of drug-likeness (QED) is 0.812. The van der Waals surface area contributed by atoms with Gasteiger partial charge < -0.3 is 5.73 Å². The molecule has 0 fully saturated rings. The highest BCUT2D eigenvalue weighted by molar-refractivity contribution is 5.82. The SMILES string of the molecule is CC.CC.CC(=O)C(N)c1ccccc1. The van der Waals surface area contributed by atoms with E-state index in [-0.39, 0.29) is 5.78 Å². The van der Waals surface area contributed by atoms with Gasteiger partial charge in [-0.25, -0.2) is 0 Å². The molecule has 1 aromatic carbocycles. The van der Waals surface area contributed by atoms with Crippen LogP contribution in [-0.4, -0.2) is 5.78 Å². The minimum atomic E-state index is -0.462. The van der Waals surface area contributed by atoms with Crippen molar-refractivity contribution in [3.05, 3.63) is 35.9 Å². The first-order valence-corrected chi connectivity index (χ1v) is 5.53. The van der Waals surface area contributed by atoms with Crippen molar-refractivity contribution < 1.29 is 4.79 Å². The molecule has 0 aliphatic carbocycles. The molecule has 0 amide bonds. The second-order valence-electron chi connectivity index (χ2n) is 2.50. The summed E-state index contributed by atoms with van der Waals surface area (Å²) >= 11 is 0. The van der Waals surface area contributed by atoms with Crippen LogP contribution in [0.15, 0.2) is 30.3 Å². The molecular formula is C13H23NO. The summed E-state index contributed by atoms with van der Waals surface area (Å²) in [5, 5.41) is 0. The Bertz CT molecular complexity index is 244. The molecule has 2 nitrogen and oxygen atoms in total. The van der Waals surface area contributed by atoms with Gasteiger partial charge in [0.1, 0.15) is 0 Å². The summed E-state index contributed by atoms with van der Waals surface area (Å²) in [5.41, 5.74) is 6.46. The summed E-state index contributed by atoms with van der Waals surface area (Å²) in [6.45, 7) is 9.50. The minimum absolute atomic E-state index is 0.00352. The summed E-state index contributed by atoms with van der Waals surface area (Å²) in [7, 11) is 0. The Morgan fingerprint density at radius 1 is 1.07 bits per heavy atom. The van der Waals surface area contributed by atoms with Crippen molar-refractivity contribution in [1.82, 2.24) is 0 Å². The van der Waals surface area contributed by atoms with Crippen molar-refractivity contribution in [3.8, 4) is 0 Å². The molecule has 1 rings (SSSR count). The number of rotatable bonds is 2. The Kier molecular flexibility index (Phi) is 11.9. The Morgan fingerprint density at radius 2 is 1.47 bits per heavy atom. The zero-order valence-electron chi connectivity index (χ0n) is 10.4. The summed E-state index contributed by atoms with van der Waals surface area (Å²) < 4.78 is 0. The second kappa shape index (κ2) is 10.9. The molecule has 0 aliphatic heterocycles. The maximum Gasteiger partial charge on any atom is 0.150 e. The Hall–Kier alpha value is -1.15. The Labute approximate surface area is 93.5 Å². The van der Waals surface area contributed by atoms with Crippen LogP contribution in [0.5, 0.6) is 0 Å². The zero-order valence-corrected chi connectivity index (χ0v) is 10.4. The first-order chi connectivity index (χ1) is 7.22. The van der Waals surface area contributed by atoms with Crippen LogP contribution in [0.1, 0.15) is 46.2 Å². The maximum atomic E-state index is 10.8. The van der Waals surface area contributed by atoms with E-state index in [4.69, 9.17) is 5.73 Å². The highest BCUT2D eigenvalue weighted by Gasteiger charge is 2.08. The zero-order chi connectivity index (χ0) is 12.3. The van der Waals surface area contributed by atoms with Gasteiger partial charge in [-0.3, -0.25) is 4.79 Å². The Balaban J connectivity index is 0. The van der Waals surface area contributed by atoms with E-state index in [0.29, 0.717) is 0 Å². The number of Topliss-reactive ketones (excluding diaryl/α,β-unsaturated/α-hetero) is 1. The van der Waals surface area contributed by atoms with E-state index < -0.39 is 6.04 Å². The lowest BCUT2D eigenvalue weighted by molar-refractivity contribution is -0.118. The van der Waals surface area contributed by atoms with Gasteiger partial charge >= 0.3 is 0 Å². The summed E-state index contributed by atoms with van der Waals surface area (Å²) in [4.78, 5) is 10.8. The van der Waals surface area contributed by atoms with Crippen LogP contribution in [0, 0.1) is 0 Å². The van der Waals surface area contributed by atoms with Crippen molar-refractivity contribution in [3.63, 3.8) is 0 Å². The normalized spacial score (nSPS) is 10.0. The molecule has 2 N–H and O–H groups in total. The topological polar surface area (TPSA) is 43.1 Å². The lowest BCUT2D eigenvalue weighted by Gasteiger charge is -2.06. The van der Waals surface area contributed by atoms with E-state index in [9.17, 15) is 4.79 Å². The van der Waals surface area contributed by atoms with Gasteiger partial charge in [-0.2, -0.15) is 0 Å². The van der Waals surface area contributed by atoms with E-state index in [1.54, 1.807) is 0 Å². The van der Waals surface area contributed by atoms with Crippen LogP contribution in [-0.2, 0) is 4.79 Å². The smallest absolute Gasteiger partial charge is 0.150 e. The lowest BCUT2D eigenvalue weighted by atomic mass is 10.1. The van der Waals surface area contributed by atoms with Gasteiger partial charge in [0.2, 0.25) is 0 Å². The van der Waals surface area contributed by atoms with E-state index in [0.717, 1.165) is 5.56 Å². The van der Waals surface area contributed by atoms with Crippen molar-refractivity contribution in [1.29, 1.82) is 0 Å². The molecule has 0 aliphatic rings. The third-order valence-corrected chi connectivity index (χ3v) is 1.60. The average molecular weight is 209 g/mol. The van der Waals surface area contributed by atoms with Gasteiger partial charge in [-0.15, -0.1) is 0 Å². The highest BCUT2D eigenvalue weighted by Crippen LogP contribution is 2.09. The fraction of sp³-hybridized carbons (Fsp3) is 0.462. The third kappa shape index (κ3) is 6.86. The molecule has 1 atom stereocenters. The predicted octanol–water partition coefficient (Wildman–Crippen LogP) is 3.33. The first kappa shape index (κ1) is 16.3. The molecule has 15 heavy (non-hydrogen) atoms. The van der Waals surface area contributed by atoms with Crippen molar-refractivity contribution in [2.75, 3.05) is 0 Å². The van der Waals surface area contributed by atoms with Gasteiger partial charge in [-0.1, -0.05) is 58.0 Å². The average Bonchev–Trinajstić information content (AvgIpc) is 2.34. The van der Waals surface area contributed by atoms with Crippen molar-refractivity contribution in [2.45, 2.75) is 40.7 Å². The van der Waals surface area contributed by atoms with E-state index in [1.165, 1.54) is 6.92 Å². The fourth-order valence-corrected chi connectivity index (χ4v) is 0.895. The van der Waals surface area contributed by atoms with Crippen LogP contribution in [0.3, 0.4) is 0 Å². The lowest BCUT2D eigenvalue weighted by Crippen LogP contribution is -2.18. The third-order valence-electron chi connectivity index (χ3n) is 1.60. The number of carbonyl (C=O) groups excluding carboxylic acids is 1. The largest absolute Gasteiger partial charge is 0.318 e. The van der Waals surface area contributed by atoms with E-state index in [2.05, 4.69) is 0 Å². The minimum Gasteiger partial charge on any atom is -0.318 e. The van der Waals surface area contributed by atoms with Gasteiger partial charge in [-0.05, 0) is 12.5 Å². The highest BCUT2D eigenvalue weighted by atomic mass is 16.1. The van der Waals surface area contributed by atoms with Gasteiger partial charge in [0, 0.05) is 0 Å². The number of hydrogen-bond donors (Lipinski definition) is 1. The van der Waals surface area contributed by atoms with E-state index in [1.807, 2.05) is 58.0 Å². The number of benzene rings is 1. The van der Waals surface area contributed by atoms with Gasteiger partial charge in [0.05, 0.1) is 6.04 Å². The molecule has 2 heteroatoms. The van der Waals surface area contributed by atoms with Crippen molar-refractivity contribution >= 4 is 5.78 Å². The fourth-order valence-electron chi connectivity index (χ4n) is 0.895. The molecule has 0 heterocycles. The molecule has 0 spiro atoms. The maximum absolute atomic E-state index is 10.8. The molecule has 0 radical (unpaired) electrons. The monoisotopic (exact) mass is 209 g/mol. The molecule has 1 aromatic rings. The molecule has 86 valence electrons. The van der Waals surface area contributed by atoms with Gasteiger partial charge in [0.25, 0.3) is 0 Å². The van der Waals surface area contributed by atoms with Crippen LogP contribution in [0.2, 0.25) is 0 Å². The number of nitrogens with two attached hydrogens (primary N) is 1. The van der Waals surface area contributed by atoms with Gasteiger partial charge in [0.15, 0.2) is 5.78 Å². The van der Waals surface area contributed by atoms with Crippen molar-refractivity contribution in [2.24, 2.45) is 5.73 Å². The molecule has 0 saturated heterocycles. The molecule has 1 unspecified atom stereocenters. The summed E-state index contributed by atoms with van der Waals surface area (Å²) in [6, 6.07) is 8.89. The first-order valence-electron chi connectivity index (χ1n) is 5.53. The predicted molar refractivity (Wildman–Crippen MR) is 66.7 cm³/mol. The second-order valence-corrected chi connectivity index (χ2v) is 2.50. The number of hydrogen-bond acceptors (Lipinski definition) is 2. The summed E-state index contributed by atoms with van der Waals surface area (Å²) in [6.07, 6.45) is 0. The summed E-state index contributed by atoms with van der Waals surface area (Å²) in [5.74, 6) is -0.00352. The number of ketones is 1. The van der Waals surface area contributed by atoms with Crippen LogP contribution in [0.25, 0.3) is 0 Å². The standard InChI is InChI=1S/C9H11NO.2C2H6/c1-7(11)9(10)8-5-3-2-4-6-8;2*1-2/h2-6,9H,10H2,1H3;2*1-2H3. The molecule has 0 bridgehead atoms. The molecule has 0 aromatic heterocycles. The molecular weight excluding hydrogens is 186 g/mol. The van der Waals surface area contributed by atoms with Crippen LogP contribution >= 0.6 is 0 Å². The molecule has 0 saturated carbocycles.